The van der Waals surface area contributed by atoms with Crippen molar-refractivity contribution in [3.05, 3.63) is 35.9 Å². The fourth-order valence-electron chi connectivity index (χ4n) is 2.84. The maximum absolute atomic E-state index is 12.7. The molecule has 20 heavy (non-hydrogen) atoms. The van der Waals surface area contributed by atoms with Gasteiger partial charge in [0.1, 0.15) is 12.6 Å². The van der Waals surface area contributed by atoms with Crippen molar-refractivity contribution in [3.8, 4) is 0 Å². The molecule has 1 aromatic rings. The van der Waals surface area contributed by atoms with E-state index in [0.29, 0.717) is 13.2 Å². The van der Waals surface area contributed by atoms with E-state index >= 15 is 0 Å². The number of carbonyl (C=O) groups is 2. The lowest BCUT2D eigenvalue weighted by molar-refractivity contribution is -0.150. The molecule has 2 unspecified atom stereocenters. The molecule has 0 bridgehead atoms. The summed E-state index contributed by atoms with van der Waals surface area (Å²) in [5, 5.41) is 2.78. The van der Waals surface area contributed by atoms with Gasteiger partial charge in [-0.1, -0.05) is 30.3 Å². The second-order valence-electron chi connectivity index (χ2n) is 5.64. The summed E-state index contributed by atoms with van der Waals surface area (Å²) in [7, 11) is 0. The second-order valence-corrected chi connectivity index (χ2v) is 5.64. The van der Waals surface area contributed by atoms with Gasteiger partial charge in [-0.25, -0.2) is 0 Å². The number of nitrogens with zero attached hydrogens (tertiary/aromatic N) is 1. The lowest BCUT2D eigenvalue weighted by atomic mass is 9.94. The van der Waals surface area contributed by atoms with Gasteiger partial charge in [0, 0.05) is 6.61 Å². The minimum absolute atomic E-state index is 0.0520. The van der Waals surface area contributed by atoms with Crippen molar-refractivity contribution in [2.45, 2.75) is 24.9 Å². The minimum atomic E-state index is -0.588. The van der Waals surface area contributed by atoms with Crippen LogP contribution in [-0.4, -0.2) is 42.0 Å². The smallest absolute Gasteiger partial charge is 0.250 e. The zero-order valence-corrected chi connectivity index (χ0v) is 11.5. The highest BCUT2D eigenvalue weighted by atomic mass is 16.5. The van der Waals surface area contributed by atoms with Crippen LogP contribution in [0.1, 0.15) is 24.9 Å². The Labute approximate surface area is 117 Å². The first-order valence-electron chi connectivity index (χ1n) is 6.84. The maximum Gasteiger partial charge on any atom is 0.250 e. The minimum Gasteiger partial charge on any atom is -0.379 e. The summed E-state index contributed by atoms with van der Waals surface area (Å²) in [4.78, 5) is 26.4. The Bertz CT molecular complexity index is 523. The van der Waals surface area contributed by atoms with Crippen LogP contribution in [0.25, 0.3) is 0 Å². The largest absolute Gasteiger partial charge is 0.379 e. The van der Waals surface area contributed by atoms with E-state index in [9.17, 15) is 9.59 Å². The van der Waals surface area contributed by atoms with Crippen molar-refractivity contribution < 1.29 is 14.3 Å². The number of ether oxygens (including phenoxy) is 1. The highest BCUT2D eigenvalue weighted by Gasteiger charge is 2.45. The Balaban J connectivity index is 1.90. The molecule has 0 aromatic heterocycles. The molecule has 2 aliphatic heterocycles. The van der Waals surface area contributed by atoms with Gasteiger partial charge in [0.05, 0.1) is 12.1 Å². The first-order valence-corrected chi connectivity index (χ1v) is 6.84. The van der Waals surface area contributed by atoms with Gasteiger partial charge >= 0.3 is 0 Å². The molecule has 2 atom stereocenters. The molecule has 2 aliphatic rings. The van der Waals surface area contributed by atoms with Gasteiger partial charge in [0.15, 0.2) is 0 Å². The van der Waals surface area contributed by atoms with Crippen molar-refractivity contribution in [2.24, 2.45) is 0 Å². The lowest BCUT2D eigenvalue weighted by Crippen LogP contribution is -2.61. The third-order valence-corrected chi connectivity index (χ3v) is 4.10. The fourth-order valence-corrected chi connectivity index (χ4v) is 2.84. The van der Waals surface area contributed by atoms with E-state index in [4.69, 9.17) is 4.74 Å². The van der Waals surface area contributed by atoms with Crippen LogP contribution in [0.15, 0.2) is 30.3 Å². The van der Waals surface area contributed by atoms with E-state index in [2.05, 4.69) is 5.32 Å². The van der Waals surface area contributed by atoms with Crippen LogP contribution in [0.2, 0.25) is 0 Å². The maximum atomic E-state index is 12.7. The summed E-state index contributed by atoms with van der Waals surface area (Å²) in [5.41, 5.74) is 0.445. The molecule has 106 valence electrons. The molecule has 0 radical (unpaired) electrons. The van der Waals surface area contributed by atoms with Crippen molar-refractivity contribution >= 4 is 11.8 Å². The predicted octanol–water partition coefficient (Wildman–Crippen LogP) is 0.865. The molecule has 1 aromatic carbocycles. The molecule has 0 saturated carbocycles. The van der Waals surface area contributed by atoms with Gasteiger partial charge in [-0.2, -0.15) is 0 Å². The number of carbonyl (C=O) groups excluding carboxylic acids is 2. The molecule has 2 amide bonds. The van der Waals surface area contributed by atoms with Crippen LogP contribution in [0.5, 0.6) is 0 Å². The molecular weight excluding hydrogens is 256 g/mol. The van der Waals surface area contributed by atoms with Gasteiger partial charge in [-0.3, -0.25) is 9.59 Å². The van der Waals surface area contributed by atoms with E-state index in [0.717, 1.165) is 12.0 Å². The zero-order chi connectivity index (χ0) is 14.2. The third kappa shape index (κ3) is 2.18. The normalized spacial score (nSPS) is 30.4. The molecule has 0 spiro atoms. The Kier molecular flexibility index (Phi) is 3.22. The average molecular weight is 274 g/mol. The summed E-state index contributed by atoms with van der Waals surface area (Å²) < 4.78 is 5.41. The van der Waals surface area contributed by atoms with E-state index < -0.39 is 6.04 Å². The molecule has 3 rings (SSSR count). The number of piperazine rings is 1. The van der Waals surface area contributed by atoms with Gasteiger partial charge in [0.2, 0.25) is 5.91 Å². The van der Waals surface area contributed by atoms with Crippen LogP contribution in [0.3, 0.4) is 0 Å². The van der Waals surface area contributed by atoms with E-state index in [1.807, 2.05) is 37.3 Å². The third-order valence-electron chi connectivity index (χ3n) is 4.10. The lowest BCUT2D eigenvalue weighted by Gasteiger charge is -2.42. The van der Waals surface area contributed by atoms with Crippen LogP contribution < -0.4 is 5.32 Å². The second kappa shape index (κ2) is 4.90. The summed E-state index contributed by atoms with van der Waals surface area (Å²) in [6.07, 6.45) is 0.771. The van der Waals surface area contributed by atoms with Gasteiger partial charge < -0.3 is 15.0 Å². The molecular formula is C15H18N2O3. The van der Waals surface area contributed by atoms with Crippen molar-refractivity contribution in [1.29, 1.82) is 0 Å². The monoisotopic (exact) mass is 274 g/mol. The van der Waals surface area contributed by atoms with E-state index in [1.165, 1.54) is 0 Å². The van der Waals surface area contributed by atoms with Crippen LogP contribution in [0.4, 0.5) is 0 Å². The van der Waals surface area contributed by atoms with Crippen molar-refractivity contribution in [1.82, 2.24) is 10.2 Å². The number of benzene rings is 1. The number of nitrogens with one attached hydrogen (secondary N) is 1. The topological polar surface area (TPSA) is 58.6 Å². The fraction of sp³-hybridized carbons (Fsp3) is 0.467. The quantitative estimate of drug-likeness (QED) is 0.870. The molecule has 0 aliphatic carbocycles. The Hall–Kier alpha value is -1.88. The van der Waals surface area contributed by atoms with Gasteiger partial charge in [-0.05, 0) is 18.9 Å². The summed E-state index contributed by atoms with van der Waals surface area (Å²) in [6, 6.07) is 8.76. The number of hydrogen-bond acceptors (Lipinski definition) is 3. The van der Waals surface area contributed by atoms with Gasteiger partial charge in [0.25, 0.3) is 5.91 Å². The Morgan fingerprint density at radius 3 is 2.70 bits per heavy atom. The Morgan fingerprint density at radius 2 is 2.05 bits per heavy atom. The number of rotatable bonds is 2. The molecule has 2 heterocycles. The first kappa shape index (κ1) is 13.1. The van der Waals surface area contributed by atoms with Crippen LogP contribution in [0, 0.1) is 0 Å². The van der Waals surface area contributed by atoms with E-state index in [1.54, 1.807) is 4.90 Å². The number of amides is 2. The van der Waals surface area contributed by atoms with Crippen molar-refractivity contribution in [3.63, 3.8) is 0 Å². The summed E-state index contributed by atoms with van der Waals surface area (Å²) in [5.74, 6) is -0.171. The van der Waals surface area contributed by atoms with Crippen molar-refractivity contribution in [2.75, 3.05) is 19.8 Å². The highest BCUT2D eigenvalue weighted by Crippen LogP contribution is 2.30. The SMILES string of the molecule is CC1(N2CC(=O)NC(c3ccccc3)C2=O)CCOC1. The molecule has 2 fully saturated rings. The standard InChI is InChI=1S/C15H18N2O3/c1-15(7-8-20-10-15)17-9-12(18)16-13(14(17)19)11-5-3-2-4-6-11/h2-6,13H,7-10H2,1H3,(H,16,18). The summed E-state index contributed by atoms with van der Waals surface area (Å²) >= 11 is 0. The predicted molar refractivity (Wildman–Crippen MR) is 72.9 cm³/mol. The van der Waals surface area contributed by atoms with Crippen LogP contribution >= 0.6 is 0 Å². The Morgan fingerprint density at radius 1 is 1.30 bits per heavy atom. The molecule has 5 nitrogen and oxygen atoms in total. The first-order chi connectivity index (χ1) is 9.60. The molecule has 1 N–H and O–H groups in total. The van der Waals surface area contributed by atoms with Crippen LogP contribution in [-0.2, 0) is 14.3 Å². The van der Waals surface area contributed by atoms with Gasteiger partial charge in [-0.15, -0.1) is 0 Å². The summed E-state index contributed by atoms with van der Waals surface area (Å²) in [6.45, 7) is 3.23. The highest BCUT2D eigenvalue weighted by molar-refractivity contribution is 5.96. The zero-order valence-electron chi connectivity index (χ0n) is 11.5. The molecule has 5 heteroatoms. The molecule has 2 saturated heterocycles. The number of hydrogen-bond donors (Lipinski definition) is 1. The van der Waals surface area contributed by atoms with E-state index in [-0.39, 0.29) is 23.9 Å². The average Bonchev–Trinajstić information content (AvgIpc) is 2.90.